The van der Waals surface area contributed by atoms with E-state index in [0.29, 0.717) is 5.56 Å². The molecule has 1 aliphatic rings. The van der Waals surface area contributed by atoms with Crippen LogP contribution in [0.1, 0.15) is 99.5 Å². The highest BCUT2D eigenvalue weighted by molar-refractivity contribution is 7.14. The van der Waals surface area contributed by atoms with Crippen LogP contribution in [-0.4, -0.2) is 80.5 Å². The van der Waals surface area contributed by atoms with Gasteiger partial charge in [-0.3, -0.25) is 29.3 Å². The number of thiazole rings is 1. The number of esters is 1. The minimum atomic E-state index is -1.63. The van der Waals surface area contributed by atoms with E-state index in [9.17, 15) is 33.6 Å². The minimum Gasteiger partial charge on any atom is -0.483 e. The number of benzene rings is 2. The van der Waals surface area contributed by atoms with Gasteiger partial charge in [0.25, 0.3) is 5.91 Å². The van der Waals surface area contributed by atoms with E-state index >= 15 is 0 Å². The number of hydrogen-bond donors (Lipinski definition) is 4. The highest BCUT2D eigenvalue weighted by Crippen LogP contribution is 2.25. The van der Waals surface area contributed by atoms with Crippen molar-refractivity contribution in [1.82, 2.24) is 20.6 Å². The second-order valence-corrected chi connectivity index (χ2v) is 17.8. The van der Waals surface area contributed by atoms with Crippen molar-refractivity contribution in [3.63, 3.8) is 0 Å². The van der Waals surface area contributed by atoms with Crippen LogP contribution in [0.3, 0.4) is 0 Å². The first kappa shape index (κ1) is 46.4. The molecule has 5 rings (SSSR count). The molecule has 0 spiro atoms. The molecular weight excluding hydrogens is 821 g/mol. The number of H-pyrrole nitrogens is 1. The van der Waals surface area contributed by atoms with Crippen molar-refractivity contribution in [3.05, 3.63) is 111 Å². The molecule has 2 aromatic heterocycles. The second kappa shape index (κ2) is 19.4. The van der Waals surface area contributed by atoms with Gasteiger partial charge in [-0.15, -0.1) is 11.3 Å². The molecule has 4 aromatic rings. The summed E-state index contributed by atoms with van der Waals surface area (Å²) in [6.45, 7) is 13.2. The number of carbonyl (C=O) groups excluding carboxylic acids is 6. The summed E-state index contributed by atoms with van der Waals surface area (Å²) in [5, 5.41) is 13.6. The molecule has 1 aliphatic heterocycles. The van der Waals surface area contributed by atoms with Crippen LogP contribution in [0, 0.1) is 5.92 Å². The van der Waals surface area contributed by atoms with E-state index < -0.39 is 63.9 Å². The largest absolute Gasteiger partial charge is 0.483 e. The maximum Gasteiger partial charge on any atom is 0.413 e. The number of Topliss-reactive ketones (excluding diaryl/α,β-unsaturated/α-hetero) is 2. The zero-order valence-corrected chi connectivity index (χ0v) is 36.5. The van der Waals surface area contributed by atoms with Gasteiger partial charge in [-0.25, -0.2) is 14.6 Å². The van der Waals surface area contributed by atoms with Crippen LogP contribution in [0.25, 0.3) is 0 Å². The zero-order valence-electron chi connectivity index (χ0n) is 35.7. The lowest BCUT2D eigenvalue weighted by atomic mass is 9.84. The molecule has 0 radical (unpaired) electrons. The number of ketones is 2. The van der Waals surface area contributed by atoms with Gasteiger partial charge in [-0.2, -0.15) is 0 Å². The minimum absolute atomic E-state index is 0.0103. The van der Waals surface area contributed by atoms with Crippen molar-refractivity contribution in [2.75, 3.05) is 11.9 Å². The van der Waals surface area contributed by atoms with E-state index in [2.05, 4.69) is 31.1 Å². The number of rotatable bonds is 17. The SMILES string of the molecule is CC(C)(C)OC(=O)Nc1nc(/C(=N/OC(C)(C)C(=O)OC(C)(C)C)C(=O)C[C@@H]2C(=O)N[C@@H]2CNC(=O)c2ccc(CC(=O)c3cc(=O)c(OCc4ccccc4)c[nH]3)cc2)cs1. The third kappa shape index (κ3) is 13.2. The summed E-state index contributed by atoms with van der Waals surface area (Å²) in [4.78, 5) is 103. The standard InChI is InChI=1S/C44H50N6O11S/c1-42(2,3)59-39(56)44(7,8)61-50-36(31-24-62-40(48-31)49-41(57)60-43(4,5)6)34(53)19-28-30(47-38(28)55)21-46-37(54)27-16-14-25(15-17-27)18-32(51)29-20-33(52)35(22-45-29)58-23-26-12-10-9-11-13-26/h9-17,20,22,24,28,30H,18-19,21,23H2,1-8H3,(H,45,52)(H,46,54)(H,47,55)(H,48,49,57)/b50-36-/t28-,30+/m0/s1. The number of nitrogens with one attached hydrogen (secondary N) is 4. The fraction of sp³-hybridized carbons (Fsp3) is 0.386. The van der Waals surface area contributed by atoms with Crippen molar-refractivity contribution >= 4 is 57.6 Å². The Hall–Kier alpha value is -6.69. The van der Waals surface area contributed by atoms with Gasteiger partial charge in [0, 0.05) is 42.6 Å². The quantitative estimate of drug-likeness (QED) is 0.0337. The van der Waals surface area contributed by atoms with Crippen molar-refractivity contribution in [2.24, 2.45) is 11.1 Å². The molecule has 328 valence electrons. The van der Waals surface area contributed by atoms with Crippen LogP contribution in [0.2, 0.25) is 0 Å². The highest BCUT2D eigenvalue weighted by atomic mass is 32.1. The monoisotopic (exact) mass is 870 g/mol. The maximum atomic E-state index is 13.8. The molecule has 17 nitrogen and oxygen atoms in total. The Labute approximate surface area is 362 Å². The van der Waals surface area contributed by atoms with E-state index in [4.69, 9.17) is 19.0 Å². The lowest BCUT2D eigenvalue weighted by Gasteiger charge is -2.36. The fourth-order valence-corrected chi connectivity index (χ4v) is 6.38. The van der Waals surface area contributed by atoms with Crippen molar-refractivity contribution in [3.8, 4) is 5.75 Å². The van der Waals surface area contributed by atoms with Gasteiger partial charge in [-0.1, -0.05) is 47.6 Å². The van der Waals surface area contributed by atoms with E-state index in [-0.39, 0.29) is 65.3 Å². The Balaban J connectivity index is 1.19. The third-order valence-electron chi connectivity index (χ3n) is 8.91. The molecule has 3 heterocycles. The number of β-lactam (4-membered cyclic amide) rings is 1. The lowest BCUT2D eigenvalue weighted by molar-refractivity contribution is -0.179. The summed E-state index contributed by atoms with van der Waals surface area (Å²) in [6.07, 6.45) is 0.196. The summed E-state index contributed by atoms with van der Waals surface area (Å²) >= 11 is 0.987. The first-order valence-electron chi connectivity index (χ1n) is 19.7. The van der Waals surface area contributed by atoms with Gasteiger partial charge in [0.05, 0.1) is 17.7 Å². The number of hydrogen-bond acceptors (Lipinski definition) is 14. The van der Waals surface area contributed by atoms with Crippen molar-refractivity contribution in [1.29, 1.82) is 0 Å². The number of aromatic nitrogens is 2. The fourth-order valence-electron chi connectivity index (χ4n) is 5.70. The Bertz CT molecular complexity index is 2390. The summed E-state index contributed by atoms with van der Waals surface area (Å²) in [5.41, 5.74) is -2.09. The topological polar surface area (TPSA) is 234 Å². The van der Waals surface area contributed by atoms with Gasteiger partial charge in [-0.05, 0) is 78.6 Å². The molecule has 1 saturated heterocycles. The molecule has 4 N–H and O–H groups in total. The van der Waals surface area contributed by atoms with Crippen LogP contribution >= 0.6 is 11.3 Å². The number of carbonyl (C=O) groups is 6. The Morgan fingerprint density at radius 2 is 1.55 bits per heavy atom. The first-order chi connectivity index (χ1) is 29.1. The van der Waals surface area contributed by atoms with E-state index in [0.717, 1.165) is 16.9 Å². The number of pyridine rings is 1. The number of amides is 3. The van der Waals surface area contributed by atoms with E-state index in [1.807, 2.05) is 30.3 Å². The maximum absolute atomic E-state index is 13.8. The highest BCUT2D eigenvalue weighted by Gasteiger charge is 2.42. The van der Waals surface area contributed by atoms with Gasteiger partial charge >= 0.3 is 12.1 Å². The summed E-state index contributed by atoms with van der Waals surface area (Å²) in [7, 11) is 0. The second-order valence-electron chi connectivity index (χ2n) is 16.9. The van der Waals surface area contributed by atoms with Gasteiger partial charge in [0.2, 0.25) is 16.9 Å². The van der Waals surface area contributed by atoms with Crippen LogP contribution < -0.4 is 26.1 Å². The molecule has 0 aliphatic carbocycles. The Morgan fingerprint density at radius 3 is 2.18 bits per heavy atom. The average molecular weight is 871 g/mol. The van der Waals surface area contributed by atoms with E-state index in [1.165, 1.54) is 31.5 Å². The third-order valence-corrected chi connectivity index (χ3v) is 9.67. The lowest BCUT2D eigenvalue weighted by Crippen LogP contribution is -2.62. The van der Waals surface area contributed by atoms with Gasteiger partial charge < -0.3 is 34.7 Å². The number of anilines is 1. The van der Waals surface area contributed by atoms with Gasteiger partial charge in [0.15, 0.2) is 28.2 Å². The first-order valence-corrected chi connectivity index (χ1v) is 20.5. The van der Waals surface area contributed by atoms with Crippen LogP contribution in [0.15, 0.2) is 82.2 Å². The number of ether oxygens (including phenoxy) is 3. The normalized spacial score (nSPS) is 15.4. The molecule has 2 aromatic carbocycles. The Kier molecular flexibility index (Phi) is 14.5. The molecule has 0 saturated carbocycles. The van der Waals surface area contributed by atoms with Crippen LogP contribution in [-0.2, 0) is 41.7 Å². The summed E-state index contributed by atoms with van der Waals surface area (Å²) in [6, 6.07) is 16.3. The number of oxime groups is 1. The Morgan fingerprint density at radius 1 is 0.871 bits per heavy atom. The van der Waals surface area contributed by atoms with Gasteiger partial charge in [0.1, 0.15) is 23.5 Å². The number of aromatic amines is 1. The van der Waals surface area contributed by atoms with Crippen LogP contribution in [0.4, 0.5) is 9.93 Å². The molecular formula is C44H50N6O11S. The molecule has 18 heteroatoms. The van der Waals surface area contributed by atoms with E-state index in [1.54, 1.807) is 65.8 Å². The average Bonchev–Trinajstić information content (AvgIpc) is 3.64. The smallest absolute Gasteiger partial charge is 0.413 e. The summed E-state index contributed by atoms with van der Waals surface area (Å²) in [5.74, 6) is -3.41. The molecule has 1 fully saturated rings. The van der Waals surface area contributed by atoms with Crippen molar-refractivity contribution in [2.45, 2.75) is 97.7 Å². The predicted molar refractivity (Wildman–Crippen MR) is 229 cm³/mol. The molecule has 0 unspecified atom stereocenters. The summed E-state index contributed by atoms with van der Waals surface area (Å²) < 4.78 is 16.3. The van der Waals surface area contributed by atoms with Crippen molar-refractivity contribution < 1.29 is 47.8 Å². The zero-order chi connectivity index (χ0) is 45.4. The predicted octanol–water partition coefficient (Wildman–Crippen LogP) is 5.53. The van der Waals surface area contributed by atoms with Crippen LogP contribution in [0.5, 0.6) is 5.75 Å². The molecule has 3 amide bonds. The molecule has 2 atom stereocenters. The number of nitrogens with zero attached hydrogens (tertiary/aromatic N) is 2. The molecule has 62 heavy (non-hydrogen) atoms. The molecule has 0 bridgehead atoms.